The number of hydrogen-bond donors (Lipinski definition) is 0. The number of benzene rings is 2. The molecule has 0 heterocycles. The zero-order valence-electron chi connectivity index (χ0n) is 50.4. The van der Waals surface area contributed by atoms with Gasteiger partial charge >= 0.3 is 0 Å². The summed E-state index contributed by atoms with van der Waals surface area (Å²) in [5.74, 6) is 1.94. The summed E-state index contributed by atoms with van der Waals surface area (Å²) in [6, 6.07) is 3.56. The Bertz CT molecular complexity index is 1640. The van der Waals surface area contributed by atoms with E-state index in [1.807, 2.05) is 0 Å². The van der Waals surface area contributed by atoms with Gasteiger partial charge in [-0.05, 0) is 50.7 Å². The zero-order chi connectivity index (χ0) is 54.5. The number of carbonyl (C=O) groups is 2. The quantitative estimate of drug-likeness (QED) is 0.0517. The van der Waals surface area contributed by atoms with E-state index < -0.39 is 0 Å². The maximum Gasteiger partial charge on any atom is 0.204 e. The lowest BCUT2D eigenvalue weighted by Crippen LogP contribution is -2.25. The number of carbonyl (C=O) groups excluding carboxylic acids is 2. The van der Waals surface area contributed by atoms with Crippen molar-refractivity contribution >= 4 is 11.6 Å². The van der Waals surface area contributed by atoms with E-state index in [4.69, 9.17) is 28.4 Å². The molecule has 1 aliphatic rings. The van der Waals surface area contributed by atoms with Crippen molar-refractivity contribution in [2.45, 2.75) is 311 Å². The monoisotopic (exact) mass is 1060 g/mol. The Hall–Kier alpha value is -3.42. The fraction of sp³-hybridized carbons (Fsp3) is 0.794. The van der Waals surface area contributed by atoms with Crippen molar-refractivity contribution in [2.75, 3.05) is 39.6 Å². The van der Waals surface area contributed by atoms with Crippen LogP contribution in [-0.4, -0.2) is 51.2 Å². The molecule has 1 aliphatic carbocycles. The second-order valence-corrected chi connectivity index (χ2v) is 22.4. The van der Waals surface area contributed by atoms with E-state index in [1.54, 1.807) is 12.1 Å². The summed E-state index contributed by atoms with van der Waals surface area (Å²) in [4.78, 5) is 31.2. The van der Waals surface area contributed by atoms with Crippen LogP contribution in [0.15, 0.2) is 12.1 Å². The fourth-order valence-electron chi connectivity index (χ4n) is 10.5. The Kier molecular flexibility index (Phi) is 40.0. The normalized spacial score (nSPS) is 12.0. The van der Waals surface area contributed by atoms with Crippen molar-refractivity contribution in [3.8, 4) is 34.5 Å². The highest BCUT2D eigenvalue weighted by molar-refractivity contribution is 6.31. The van der Waals surface area contributed by atoms with E-state index in [2.05, 4.69) is 41.5 Å². The van der Waals surface area contributed by atoms with Crippen molar-refractivity contribution in [2.24, 2.45) is 0 Å². The Morgan fingerprint density at radius 2 is 0.421 bits per heavy atom. The third kappa shape index (κ3) is 27.0. The first-order valence-corrected chi connectivity index (χ1v) is 32.8. The van der Waals surface area contributed by atoms with Gasteiger partial charge in [-0.1, -0.05) is 273 Å². The molecule has 0 saturated carbocycles. The van der Waals surface area contributed by atoms with Gasteiger partial charge in [0.1, 0.15) is 0 Å². The molecule has 0 amide bonds. The molecular weight excluding hydrogens is 945 g/mol. The van der Waals surface area contributed by atoms with Crippen LogP contribution in [0.3, 0.4) is 0 Å². The van der Waals surface area contributed by atoms with Crippen molar-refractivity contribution in [1.29, 1.82) is 0 Å². The van der Waals surface area contributed by atoms with Crippen molar-refractivity contribution < 1.29 is 38.0 Å². The number of rotatable bonds is 54. The van der Waals surface area contributed by atoms with E-state index in [0.29, 0.717) is 74.1 Å². The molecular formula is C68H116O8. The lowest BCUT2D eigenvalue weighted by molar-refractivity contribution is 0.0968. The molecule has 0 atom stereocenters. The maximum absolute atomic E-state index is 15.6. The Labute approximate surface area is 467 Å². The summed E-state index contributed by atoms with van der Waals surface area (Å²) in [5, 5.41) is 0. The minimum Gasteiger partial charge on any atom is -0.490 e. The maximum atomic E-state index is 15.6. The highest BCUT2D eigenvalue weighted by Gasteiger charge is 2.41. The van der Waals surface area contributed by atoms with Gasteiger partial charge in [0.05, 0.1) is 50.8 Å². The predicted molar refractivity (Wildman–Crippen MR) is 321 cm³/mol. The van der Waals surface area contributed by atoms with E-state index in [1.165, 1.54) is 154 Å². The molecule has 0 aliphatic heterocycles. The molecule has 436 valence electrons. The highest BCUT2D eigenvalue weighted by atomic mass is 16.5. The average molecular weight is 1060 g/mol. The number of unbranched alkanes of at least 4 members (excludes halogenated alkanes) is 36. The van der Waals surface area contributed by atoms with Gasteiger partial charge < -0.3 is 28.4 Å². The number of ether oxygens (including phenoxy) is 6. The minimum absolute atomic E-state index is 0.255. The van der Waals surface area contributed by atoms with Crippen LogP contribution in [0.1, 0.15) is 343 Å². The number of fused-ring (bicyclic) bond motifs is 2. The van der Waals surface area contributed by atoms with Crippen LogP contribution >= 0.6 is 0 Å². The first-order chi connectivity index (χ1) is 37.5. The van der Waals surface area contributed by atoms with Crippen LogP contribution in [0, 0.1) is 0 Å². The van der Waals surface area contributed by atoms with Crippen molar-refractivity contribution in [3.63, 3.8) is 0 Å². The molecule has 0 spiro atoms. The smallest absolute Gasteiger partial charge is 0.204 e. The molecule has 0 N–H and O–H groups in total. The van der Waals surface area contributed by atoms with E-state index in [-0.39, 0.29) is 33.8 Å². The standard InChI is InChI=1S/C68H116O8/c1-7-13-19-25-31-33-35-41-47-53-75-67-61-57(55-59(71-49-43-37-27-21-15-9-3)65(67)73-51-45-39-29-23-17-11-5)64(70)62-58(63(61)69)56-60(72-50-44-38-28-22-16-10-4)66(74-52-46-40-30-24-18-12-6)68(62)76-54-48-42-36-34-32-26-20-14-8-2/h55-56H,7-54H2,1-6H3. The molecule has 76 heavy (non-hydrogen) atoms. The van der Waals surface area contributed by atoms with Gasteiger partial charge in [-0.25, -0.2) is 0 Å². The average Bonchev–Trinajstić information content (AvgIpc) is 3.49. The minimum atomic E-state index is -0.279. The molecule has 0 unspecified atom stereocenters. The number of ketones is 2. The van der Waals surface area contributed by atoms with Gasteiger partial charge in [0.2, 0.25) is 11.5 Å². The fourth-order valence-corrected chi connectivity index (χ4v) is 10.5. The predicted octanol–water partition coefficient (Wildman–Crippen LogP) is 21.2. The molecule has 8 nitrogen and oxygen atoms in total. The molecule has 0 saturated heterocycles. The Morgan fingerprint density at radius 3 is 0.645 bits per heavy atom. The molecule has 0 radical (unpaired) electrons. The summed E-state index contributed by atoms with van der Waals surface area (Å²) < 4.78 is 40.5. The SMILES string of the molecule is CCCCCCCCCCCOc1c(OCCCCCCCC)c(OCCCCCCCC)cc2c1C(=O)c1cc(OCCCCCCCC)c(OCCCCCCCC)c(OCCCCCCCCCCC)c1C2=O. The van der Waals surface area contributed by atoms with Gasteiger partial charge in [0.15, 0.2) is 34.6 Å². The third-order valence-electron chi connectivity index (χ3n) is 15.3. The molecule has 3 rings (SSSR count). The molecule has 2 aromatic carbocycles. The Morgan fingerprint density at radius 1 is 0.237 bits per heavy atom. The number of hydrogen-bond acceptors (Lipinski definition) is 8. The van der Waals surface area contributed by atoms with Gasteiger partial charge in [-0.2, -0.15) is 0 Å². The van der Waals surface area contributed by atoms with Gasteiger partial charge in [0.25, 0.3) is 0 Å². The third-order valence-corrected chi connectivity index (χ3v) is 15.3. The van der Waals surface area contributed by atoms with Crippen LogP contribution < -0.4 is 28.4 Å². The summed E-state index contributed by atoms with van der Waals surface area (Å²) >= 11 is 0. The Balaban J connectivity index is 2.14. The van der Waals surface area contributed by atoms with Crippen molar-refractivity contribution in [1.82, 2.24) is 0 Å². The van der Waals surface area contributed by atoms with Crippen LogP contribution in [0.2, 0.25) is 0 Å². The molecule has 8 heteroatoms. The summed E-state index contributed by atoms with van der Waals surface area (Å²) in [7, 11) is 0. The van der Waals surface area contributed by atoms with Crippen LogP contribution in [0.5, 0.6) is 34.5 Å². The first kappa shape index (κ1) is 66.9. The van der Waals surface area contributed by atoms with Gasteiger partial charge in [-0.15, -0.1) is 0 Å². The molecule has 0 aromatic heterocycles. The van der Waals surface area contributed by atoms with Gasteiger partial charge in [-0.3, -0.25) is 9.59 Å². The first-order valence-electron chi connectivity index (χ1n) is 32.8. The van der Waals surface area contributed by atoms with E-state index in [9.17, 15) is 0 Å². The van der Waals surface area contributed by atoms with Crippen molar-refractivity contribution in [3.05, 3.63) is 34.4 Å². The highest BCUT2D eigenvalue weighted by Crippen LogP contribution is 2.51. The summed E-state index contributed by atoms with van der Waals surface area (Å²) in [6.45, 7) is 16.2. The van der Waals surface area contributed by atoms with Crippen LogP contribution in [-0.2, 0) is 0 Å². The van der Waals surface area contributed by atoms with E-state index >= 15 is 9.59 Å². The molecule has 0 bridgehead atoms. The largest absolute Gasteiger partial charge is 0.490 e. The zero-order valence-corrected chi connectivity index (χ0v) is 50.4. The van der Waals surface area contributed by atoms with Crippen LogP contribution in [0.25, 0.3) is 0 Å². The second kappa shape index (κ2) is 45.4. The summed E-state index contributed by atoms with van der Waals surface area (Å²) in [6.07, 6.45) is 48.4. The topological polar surface area (TPSA) is 89.5 Å². The van der Waals surface area contributed by atoms with E-state index in [0.717, 1.165) is 116 Å². The van der Waals surface area contributed by atoms with Crippen LogP contribution in [0.4, 0.5) is 0 Å². The van der Waals surface area contributed by atoms with Gasteiger partial charge in [0, 0.05) is 11.1 Å². The lowest BCUT2D eigenvalue weighted by atomic mass is 9.82. The molecule has 2 aromatic rings. The molecule has 0 fully saturated rings. The lowest BCUT2D eigenvalue weighted by Gasteiger charge is -2.27. The summed E-state index contributed by atoms with van der Waals surface area (Å²) in [5.41, 5.74) is 1.07. The second-order valence-electron chi connectivity index (χ2n) is 22.4.